The molecule has 0 unspecified atom stereocenters. The van der Waals surface area contributed by atoms with Crippen molar-refractivity contribution in [3.8, 4) is 16.9 Å². The lowest BCUT2D eigenvalue weighted by atomic mass is 10.1. The molecule has 1 aromatic heterocycles. The predicted octanol–water partition coefficient (Wildman–Crippen LogP) is 7.33. The summed E-state index contributed by atoms with van der Waals surface area (Å²) in [6.07, 6.45) is 0. The maximum absolute atomic E-state index is 13.5. The van der Waals surface area contributed by atoms with Crippen LogP contribution in [0.4, 0.5) is 8.78 Å². The molecule has 3 nitrogen and oxygen atoms in total. The van der Waals surface area contributed by atoms with Gasteiger partial charge in [-0.05, 0) is 85.6 Å². The highest BCUT2D eigenvalue weighted by molar-refractivity contribution is 6.30. The van der Waals surface area contributed by atoms with Crippen LogP contribution in [0, 0.1) is 18.6 Å². The monoisotopic (exact) mass is 450 g/mol. The van der Waals surface area contributed by atoms with E-state index in [9.17, 15) is 8.78 Å². The topological polar surface area (TPSA) is 26.5 Å². The van der Waals surface area contributed by atoms with Gasteiger partial charge in [0, 0.05) is 22.0 Å². The third-order valence-corrected chi connectivity index (χ3v) is 5.40. The molecule has 0 fully saturated rings. The Labute approximate surface area is 190 Å². The van der Waals surface area contributed by atoms with E-state index in [4.69, 9.17) is 16.4 Å². The summed E-state index contributed by atoms with van der Waals surface area (Å²) in [6.45, 7) is 3.99. The van der Waals surface area contributed by atoms with Gasteiger partial charge in [0.15, 0.2) is 0 Å². The van der Waals surface area contributed by atoms with Crippen molar-refractivity contribution in [1.82, 2.24) is 4.57 Å². The maximum Gasteiger partial charge on any atom is 0.142 e. The fourth-order valence-corrected chi connectivity index (χ4v) is 3.82. The van der Waals surface area contributed by atoms with Crippen LogP contribution in [-0.4, -0.2) is 10.3 Å². The third-order valence-electron chi connectivity index (χ3n) is 5.17. The molecule has 3 aromatic carbocycles. The number of aromatic nitrogens is 1. The Balaban J connectivity index is 1.72. The Bertz CT molecular complexity index is 1280. The standard InChI is InChI=1S/C26H21ClF2N2O/c1-17(30-32-16-19-5-3-7-23(29)13-19)25-15-26(20-9-11-22(28)12-10-20)31(18(25)2)24-8-4-6-21(27)14-24/h3-15H,16H2,1-2H3/b30-17-. The Morgan fingerprint density at radius 2 is 1.69 bits per heavy atom. The summed E-state index contributed by atoms with van der Waals surface area (Å²) in [5, 5.41) is 4.87. The minimum Gasteiger partial charge on any atom is -0.391 e. The first-order valence-corrected chi connectivity index (χ1v) is 10.5. The number of nitrogens with zero attached hydrogens (tertiary/aromatic N) is 2. The molecule has 162 valence electrons. The normalized spacial score (nSPS) is 11.6. The molecule has 0 N–H and O–H groups in total. The van der Waals surface area contributed by atoms with E-state index in [2.05, 4.69) is 9.72 Å². The average Bonchev–Trinajstić information content (AvgIpc) is 3.11. The Hall–Kier alpha value is -3.44. The highest BCUT2D eigenvalue weighted by atomic mass is 35.5. The summed E-state index contributed by atoms with van der Waals surface area (Å²) in [6, 6.07) is 22.1. The summed E-state index contributed by atoms with van der Waals surface area (Å²) < 4.78 is 28.9. The summed E-state index contributed by atoms with van der Waals surface area (Å²) in [4.78, 5) is 5.48. The van der Waals surface area contributed by atoms with Crippen LogP contribution in [0.5, 0.6) is 0 Å². The van der Waals surface area contributed by atoms with Crippen molar-refractivity contribution in [2.24, 2.45) is 5.16 Å². The summed E-state index contributed by atoms with van der Waals surface area (Å²) in [7, 11) is 0. The number of oxime groups is 1. The number of halogens is 3. The van der Waals surface area contributed by atoms with Gasteiger partial charge >= 0.3 is 0 Å². The largest absolute Gasteiger partial charge is 0.391 e. The minimum atomic E-state index is -0.315. The maximum atomic E-state index is 13.5. The SMILES string of the molecule is C/C(=N/OCc1cccc(F)c1)c1cc(-c2ccc(F)cc2)n(-c2cccc(Cl)c2)c1C. The highest BCUT2D eigenvalue weighted by Crippen LogP contribution is 2.31. The molecule has 0 aliphatic heterocycles. The summed E-state index contributed by atoms with van der Waals surface area (Å²) in [5.41, 5.74) is 5.79. The Morgan fingerprint density at radius 3 is 2.41 bits per heavy atom. The van der Waals surface area contributed by atoms with Gasteiger partial charge in [0.2, 0.25) is 0 Å². The second-order valence-corrected chi connectivity index (χ2v) is 7.87. The van der Waals surface area contributed by atoms with Gasteiger partial charge in [0.1, 0.15) is 18.2 Å². The van der Waals surface area contributed by atoms with E-state index in [1.54, 1.807) is 24.3 Å². The van der Waals surface area contributed by atoms with E-state index in [0.717, 1.165) is 28.2 Å². The molecule has 0 bridgehead atoms. The molecule has 0 saturated heterocycles. The summed E-state index contributed by atoms with van der Waals surface area (Å²) >= 11 is 6.24. The molecule has 0 amide bonds. The average molecular weight is 451 g/mol. The molecule has 1 heterocycles. The van der Waals surface area contributed by atoms with Gasteiger partial charge in [-0.25, -0.2) is 8.78 Å². The molecule has 0 saturated carbocycles. The molecule has 32 heavy (non-hydrogen) atoms. The van der Waals surface area contributed by atoms with E-state index < -0.39 is 0 Å². The Kier molecular flexibility index (Phi) is 6.37. The van der Waals surface area contributed by atoms with Crippen LogP contribution in [0.3, 0.4) is 0 Å². The quantitative estimate of drug-likeness (QED) is 0.223. The fourth-order valence-electron chi connectivity index (χ4n) is 3.63. The van der Waals surface area contributed by atoms with Crippen molar-refractivity contribution in [3.63, 3.8) is 0 Å². The van der Waals surface area contributed by atoms with Crippen LogP contribution in [0.1, 0.15) is 23.7 Å². The Morgan fingerprint density at radius 1 is 0.938 bits per heavy atom. The molecule has 4 aromatic rings. The molecule has 0 aliphatic rings. The zero-order chi connectivity index (χ0) is 22.7. The first kappa shape index (κ1) is 21.8. The molecule has 6 heteroatoms. The van der Waals surface area contributed by atoms with Gasteiger partial charge in [-0.2, -0.15) is 0 Å². The zero-order valence-electron chi connectivity index (χ0n) is 17.6. The molecular formula is C26H21ClF2N2O. The lowest BCUT2D eigenvalue weighted by molar-refractivity contribution is 0.130. The van der Waals surface area contributed by atoms with E-state index in [1.165, 1.54) is 24.3 Å². The number of hydrogen-bond acceptors (Lipinski definition) is 2. The number of benzene rings is 3. The van der Waals surface area contributed by atoms with Gasteiger partial charge in [0.25, 0.3) is 0 Å². The first-order chi connectivity index (χ1) is 15.4. The number of hydrogen-bond donors (Lipinski definition) is 0. The van der Waals surface area contributed by atoms with Crippen LogP contribution in [0.15, 0.2) is 84.0 Å². The van der Waals surface area contributed by atoms with Crippen molar-refractivity contribution < 1.29 is 13.6 Å². The highest BCUT2D eigenvalue weighted by Gasteiger charge is 2.17. The second-order valence-electron chi connectivity index (χ2n) is 7.43. The van der Waals surface area contributed by atoms with Gasteiger partial charge in [-0.15, -0.1) is 0 Å². The first-order valence-electron chi connectivity index (χ1n) is 10.1. The van der Waals surface area contributed by atoms with Crippen molar-refractivity contribution in [2.45, 2.75) is 20.5 Å². The molecule has 0 atom stereocenters. The van der Waals surface area contributed by atoms with E-state index in [-0.39, 0.29) is 18.2 Å². The fraction of sp³-hybridized carbons (Fsp3) is 0.115. The van der Waals surface area contributed by atoms with Crippen LogP contribution >= 0.6 is 11.6 Å². The number of rotatable bonds is 6. The van der Waals surface area contributed by atoms with Crippen LogP contribution in [0.2, 0.25) is 5.02 Å². The molecule has 0 spiro atoms. The van der Waals surface area contributed by atoms with E-state index in [0.29, 0.717) is 16.3 Å². The van der Waals surface area contributed by atoms with Crippen molar-refractivity contribution in [1.29, 1.82) is 0 Å². The lowest BCUT2D eigenvalue weighted by Gasteiger charge is -2.13. The van der Waals surface area contributed by atoms with E-state index in [1.807, 2.05) is 44.2 Å². The van der Waals surface area contributed by atoms with Crippen molar-refractivity contribution in [2.75, 3.05) is 0 Å². The third kappa shape index (κ3) is 4.73. The van der Waals surface area contributed by atoms with Crippen molar-refractivity contribution >= 4 is 17.3 Å². The minimum absolute atomic E-state index is 0.161. The van der Waals surface area contributed by atoms with E-state index >= 15 is 0 Å². The van der Waals surface area contributed by atoms with Gasteiger partial charge in [-0.3, -0.25) is 0 Å². The predicted molar refractivity (Wildman–Crippen MR) is 124 cm³/mol. The smallest absolute Gasteiger partial charge is 0.142 e. The molecule has 0 radical (unpaired) electrons. The second kappa shape index (κ2) is 9.37. The van der Waals surface area contributed by atoms with Gasteiger partial charge in [-0.1, -0.05) is 35.0 Å². The summed E-state index contributed by atoms with van der Waals surface area (Å²) in [5.74, 6) is -0.611. The molecule has 4 rings (SSSR count). The van der Waals surface area contributed by atoms with Gasteiger partial charge < -0.3 is 9.40 Å². The van der Waals surface area contributed by atoms with Crippen LogP contribution in [0.25, 0.3) is 16.9 Å². The van der Waals surface area contributed by atoms with Crippen molar-refractivity contribution in [3.05, 3.63) is 112 Å². The molecular weight excluding hydrogens is 430 g/mol. The van der Waals surface area contributed by atoms with Crippen LogP contribution < -0.4 is 0 Å². The van der Waals surface area contributed by atoms with Gasteiger partial charge in [0.05, 0.1) is 11.4 Å². The van der Waals surface area contributed by atoms with Crippen LogP contribution in [-0.2, 0) is 11.4 Å². The molecule has 0 aliphatic carbocycles. The lowest BCUT2D eigenvalue weighted by Crippen LogP contribution is -2.02. The zero-order valence-corrected chi connectivity index (χ0v) is 18.4.